The molecule has 2 rings (SSSR count). The Labute approximate surface area is 116 Å². The second-order valence-corrected chi connectivity index (χ2v) is 6.04. The normalized spacial score (nSPS) is 11.6. The highest BCUT2D eigenvalue weighted by Crippen LogP contribution is 2.27. The predicted octanol–water partition coefficient (Wildman–Crippen LogP) is 4.21. The Morgan fingerprint density at radius 2 is 1.37 bits per heavy atom. The molecule has 1 heteroatoms. The van der Waals surface area contributed by atoms with Gasteiger partial charge >= 0.3 is 0 Å². The summed E-state index contributed by atoms with van der Waals surface area (Å²) < 4.78 is 0. The molecule has 0 unspecified atom stereocenters. The molecule has 0 atom stereocenters. The van der Waals surface area contributed by atoms with Crippen LogP contribution in [0.2, 0.25) is 0 Å². The van der Waals surface area contributed by atoms with Crippen LogP contribution in [0.25, 0.3) is 11.1 Å². The molecule has 0 aromatic heterocycles. The van der Waals surface area contributed by atoms with E-state index in [0.717, 1.165) is 0 Å². The number of aryl methyl sites for hydroxylation is 2. The van der Waals surface area contributed by atoms with Crippen LogP contribution in [0.1, 0.15) is 30.5 Å². The van der Waals surface area contributed by atoms with Gasteiger partial charge in [0, 0.05) is 12.0 Å². The van der Waals surface area contributed by atoms with Crippen molar-refractivity contribution in [3.63, 3.8) is 0 Å². The Balaban J connectivity index is 2.37. The van der Waals surface area contributed by atoms with E-state index in [1.54, 1.807) is 0 Å². The van der Waals surface area contributed by atoms with Crippen LogP contribution in [0.4, 0.5) is 0 Å². The first-order valence-electron chi connectivity index (χ1n) is 6.82. The molecule has 0 aliphatic carbocycles. The lowest BCUT2D eigenvalue weighted by Crippen LogP contribution is -2.27. The monoisotopic (exact) mass is 253 g/mol. The van der Waals surface area contributed by atoms with Crippen molar-refractivity contribution in [2.24, 2.45) is 5.73 Å². The van der Waals surface area contributed by atoms with Crippen molar-refractivity contribution in [1.82, 2.24) is 0 Å². The van der Waals surface area contributed by atoms with Crippen LogP contribution in [-0.2, 0) is 5.41 Å². The Morgan fingerprint density at radius 3 is 1.84 bits per heavy atom. The van der Waals surface area contributed by atoms with E-state index >= 15 is 0 Å². The van der Waals surface area contributed by atoms with Crippen molar-refractivity contribution < 1.29 is 0 Å². The van der Waals surface area contributed by atoms with Crippen molar-refractivity contribution in [2.75, 3.05) is 6.54 Å². The smallest absolute Gasteiger partial charge is 0.00190 e. The van der Waals surface area contributed by atoms with Crippen LogP contribution in [-0.4, -0.2) is 6.54 Å². The summed E-state index contributed by atoms with van der Waals surface area (Å²) >= 11 is 0. The Morgan fingerprint density at radius 1 is 0.842 bits per heavy atom. The summed E-state index contributed by atoms with van der Waals surface area (Å²) in [5, 5.41) is 0. The van der Waals surface area contributed by atoms with Crippen molar-refractivity contribution in [2.45, 2.75) is 33.1 Å². The number of rotatable bonds is 3. The van der Waals surface area contributed by atoms with E-state index in [9.17, 15) is 0 Å². The fraction of sp³-hybridized carbons (Fsp3) is 0.333. The Hall–Kier alpha value is -1.60. The lowest BCUT2D eigenvalue weighted by atomic mass is 9.84. The van der Waals surface area contributed by atoms with Gasteiger partial charge in [-0.3, -0.25) is 0 Å². The Kier molecular flexibility index (Phi) is 3.77. The highest BCUT2D eigenvalue weighted by molar-refractivity contribution is 5.65. The lowest BCUT2D eigenvalue weighted by Gasteiger charge is -2.23. The summed E-state index contributed by atoms with van der Waals surface area (Å²) in [6.07, 6.45) is 0. The van der Waals surface area contributed by atoms with Gasteiger partial charge in [0.2, 0.25) is 0 Å². The molecule has 0 saturated carbocycles. The molecular weight excluding hydrogens is 230 g/mol. The molecule has 100 valence electrons. The molecule has 2 aromatic carbocycles. The fourth-order valence-electron chi connectivity index (χ4n) is 2.37. The molecule has 0 bridgehead atoms. The van der Waals surface area contributed by atoms with Crippen molar-refractivity contribution in [3.8, 4) is 11.1 Å². The van der Waals surface area contributed by atoms with Crippen LogP contribution >= 0.6 is 0 Å². The average molecular weight is 253 g/mol. The predicted molar refractivity (Wildman–Crippen MR) is 83.4 cm³/mol. The maximum absolute atomic E-state index is 5.83. The molecule has 1 nitrogen and oxygen atoms in total. The zero-order valence-electron chi connectivity index (χ0n) is 12.3. The van der Waals surface area contributed by atoms with E-state index < -0.39 is 0 Å². The molecule has 19 heavy (non-hydrogen) atoms. The highest BCUT2D eigenvalue weighted by Gasteiger charge is 2.17. The second-order valence-electron chi connectivity index (χ2n) is 6.04. The number of nitrogens with two attached hydrogens (primary N) is 1. The third-order valence-electron chi connectivity index (χ3n) is 3.73. The Bertz CT molecular complexity index is 544. The molecular formula is C18H23N. The van der Waals surface area contributed by atoms with E-state index in [-0.39, 0.29) is 5.41 Å². The number of hydrogen-bond donors (Lipinski definition) is 1. The largest absolute Gasteiger partial charge is 0.330 e. The average Bonchev–Trinajstić information content (AvgIpc) is 2.38. The maximum Gasteiger partial charge on any atom is 0.00190 e. The molecule has 2 N–H and O–H groups in total. The lowest BCUT2D eigenvalue weighted by molar-refractivity contribution is 0.539. The summed E-state index contributed by atoms with van der Waals surface area (Å²) in [5.74, 6) is 0. The topological polar surface area (TPSA) is 26.0 Å². The van der Waals surface area contributed by atoms with E-state index in [1.807, 2.05) is 0 Å². The summed E-state index contributed by atoms with van der Waals surface area (Å²) in [4.78, 5) is 0. The summed E-state index contributed by atoms with van der Waals surface area (Å²) in [6, 6.07) is 15.4. The molecule has 0 spiro atoms. The first kappa shape index (κ1) is 13.8. The van der Waals surface area contributed by atoms with Gasteiger partial charge < -0.3 is 5.73 Å². The van der Waals surface area contributed by atoms with Gasteiger partial charge in [-0.05, 0) is 30.5 Å². The van der Waals surface area contributed by atoms with Crippen molar-refractivity contribution >= 4 is 0 Å². The van der Waals surface area contributed by atoms with Crippen molar-refractivity contribution in [1.29, 1.82) is 0 Å². The first-order chi connectivity index (χ1) is 8.92. The van der Waals surface area contributed by atoms with E-state index in [2.05, 4.69) is 70.2 Å². The SMILES string of the molecule is Cc1cc(C)cc(-c2ccc(C(C)(C)CN)cc2)c1. The maximum atomic E-state index is 5.83. The number of hydrogen-bond acceptors (Lipinski definition) is 1. The van der Waals surface area contributed by atoms with E-state index in [4.69, 9.17) is 5.73 Å². The van der Waals surface area contributed by atoms with Gasteiger partial charge in [0.1, 0.15) is 0 Å². The molecule has 0 aliphatic heterocycles. The quantitative estimate of drug-likeness (QED) is 0.871. The van der Waals surface area contributed by atoms with Crippen molar-refractivity contribution in [3.05, 3.63) is 59.2 Å². The van der Waals surface area contributed by atoms with Crippen LogP contribution in [0.3, 0.4) is 0 Å². The zero-order chi connectivity index (χ0) is 14.0. The van der Waals surface area contributed by atoms with Gasteiger partial charge in [0.25, 0.3) is 0 Å². The molecule has 0 heterocycles. The van der Waals surface area contributed by atoms with E-state index in [0.29, 0.717) is 6.54 Å². The van der Waals surface area contributed by atoms with Gasteiger partial charge in [-0.2, -0.15) is 0 Å². The van der Waals surface area contributed by atoms with Gasteiger partial charge in [-0.15, -0.1) is 0 Å². The molecule has 0 aliphatic rings. The van der Waals surface area contributed by atoms with Gasteiger partial charge in [-0.25, -0.2) is 0 Å². The summed E-state index contributed by atoms with van der Waals surface area (Å²) in [7, 11) is 0. The molecule has 0 radical (unpaired) electrons. The second kappa shape index (κ2) is 5.18. The van der Waals surface area contributed by atoms with Gasteiger partial charge in [0.15, 0.2) is 0 Å². The van der Waals surface area contributed by atoms with Crippen LogP contribution < -0.4 is 5.73 Å². The summed E-state index contributed by atoms with van der Waals surface area (Å²) in [6.45, 7) is 9.30. The fourth-order valence-corrected chi connectivity index (χ4v) is 2.37. The molecule has 2 aromatic rings. The van der Waals surface area contributed by atoms with Crippen LogP contribution in [0, 0.1) is 13.8 Å². The van der Waals surface area contributed by atoms with Crippen LogP contribution in [0.15, 0.2) is 42.5 Å². The molecule has 0 amide bonds. The summed E-state index contributed by atoms with van der Waals surface area (Å²) in [5.41, 5.74) is 12.3. The minimum atomic E-state index is 0.0427. The van der Waals surface area contributed by atoms with Gasteiger partial charge in [0.05, 0.1) is 0 Å². The standard InChI is InChI=1S/C18H23N/c1-13-9-14(2)11-16(10-13)15-5-7-17(8-6-15)18(3,4)12-19/h5-11H,12,19H2,1-4H3. The third kappa shape index (κ3) is 3.05. The van der Waals surface area contributed by atoms with Crippen LogP contribution in [0.5, 0.6) is 0 Å². The van der Waals surface area contributed by atoms with E-state index in [1.165, 1.54) is 27.8 Å². The minimum absolute atomic E-state index is 0.0427. The van der Waals surface area contributed by atoms with Gasteiger partial charge in [-0.1, -0.05) is 67.4 Å². The molecule has 0 fully saturated rings. The molecule has 0 saturated heterocycles. The first-order valence-corrected chi connectivity index (χ1v) is 6.82. The number of benzene rings is 2. The zero-order valence-corrected chi connectivity index (χ0v) is 12.3. The third-order valence-corrected chi connectivity index (χ3v) is 3.73. The minimum Gasteiger partial charge on any atom is -0.330 e. The highest BCUT2D eigenvalue weighted by atomic mass is 14.6.